The normalized spacial score (nSPS) is 19.7. The Kier molecular flexibility index (Phi) is 7.31. The second-order valence-corrected chi connectivity index (χ2v) is 12.2. The molecule has 1 unspecified atom stereocenters. The number of benzene rings is 2. The molecule has 0 saturated carbocycles. The number of amides is 2. The molecule has 0 aromatic heterocycles. The smallest absolute Gasteiger partial charge is 0.308 e. The van der Waals surface area contributed by atoms with Crippen LogP contribution in [0.25, 0.3) is 0 Å². The van der Waals surface area contributed by atoms with Crippen molar-refractivity contribution in [1.82, 2.24) is 4.90 Å². The maximum atomic E-state index is 13.3. The quantitative estimate of drug-likeness (QED) is 0.614. The Bertz CT molecular complexity index is 1100. The molecule has 2 amide bonds. The van der Waals surface area contributed by atoms with Crippen molar-refractivity contribution in [3.8, 4) is 0 Å². The number of para-hydroxylation sites is 1. The van der Waals surface area contributed by atoms with E-state index in [4.69, 9.17) is 0 Å². The number of hydrogen-bond donors (Lipinski definition) is 2. The van der Waals surface area contributed by atoms with E-state index >= 15 is 0 Å². The van der Waals surface area contributed by atoms with Crippen LogP contribution in [0.5, 0.6) is 0 Å². The van der Waals surface area contributed by atoms with Gasteiger partial charge in [-0.3, -0.25) is 4.31 Å². The van der Waals surface area contributed by atoms with Gasteiger partial charge in [-0.2, -0.15) is 0 Å². The maximum Gasteiger partial charge on any atom is 0.323 e. The molecule has 176 valence electrons. The molecule has 9 heteroatoms. The van der Waals surface area contributed by atoms with Gasteiger partial charge in [-0.1, -0.05) is 24.3 Å². The Morgan fingerprint density at radius 2 is 1.61 bits per heavy atom. The average molecular weight is 487 g/mol. The summed E-state index contributed by atoms with van der Waals surface area (Å²) in [5.74, 6) is 0.476. The van der Waals surface area contributed by atoms with Crippen LogP contribution in [-0.4, -0.2) is 51.1 Å². The summed E-state index contributed by atoms with van der Waals surface area (Å²) in [6, 6.07) is 15.6. The highest BCUT2D eigenvalue weighted by atomic mass is 32.3. The van der Waals surface area contributed by atoms with E-state index in [0.29, 0.717) is 29.4 Å². The summed E-state index contributed by atoms with van der Waals surface area (Å²) in [4.78, 5) is 15.7. The minimum absolute atomic E-state index is 0.357. The average Bonchev–Trinajstić information content (AvgIpc) is 3.31. The van der Waals surface area contributed by atoms with Gasteiger partial charge in [0.2, 0.25) is 10.0 Å². The number of likely N-dealkylation sites (tertiary alicyclic amines) is 1. The first-order valence-corrected chi connectivity index (χ1v) is 13.5. The van der Waals surface area contributed by atoms with E-state index in [9.17, 15) is 13.2 Å². The number of carbonyl (C=O) groups is 1. The first kappa shape index (κ1) is 23.7. The molecular formula is C24H30N4O3S2. The molecule has 2 aliphatic heterocycles. The molecular weight excluding hydrogens is 456 g/mol. The first-order chi connectivity index (χ1) is 15.8. The minimum atomic E-state index is -3.52. The number of urea groups is 1. The van der Waals surface area contributed by atoms with E-state index < -0.39 is 14.6 Å². The van der Waals surface area contributed by atoms with E-state index in [0.717, 1.165) is 25.9 Å². The number of anilines is 3. The maximum absolute atomic E-state index is 13.3. The molecule has 2 heterocycles. The SMILES string of the molecule is CN1CCC(C2=CCC(S(=O)(=O)N(C)c3ccc(NC(=O)Nc4ccccc4)cc3)S2)CC1. The van der Waals surface area contributed by atoms with Crippen LogP contribution in [0.1, 0.15) is 19.3 Å². The molecule has 0 radical (unpaired) electrons. The van der Waals surface area contributed by atoms with Crippen molar-refractivity contribution in [2.45, 2.75) is 23.8 Å². The van der Waals surface area contributed by atoms with Crippen LogP contribution in [0.3, 0.4) is 0 Å². The number of rotatable bonds is 6. The molecule has 2 aromatic rings. The van der Waals surface area contributed by atoms with E-state index in [1.54, 1.807) is 43.4 Å². The molecule has 0 aliphatic carbocycles. The minimum Gasteiger partial charge on any atom is -0.308 e. The number of allylic oxidation sites excluding steroid dienone is 2. The second kappa shape index (κ2) is 10.2. The third kappa shape index (κ3) is 5.72. The fraction of sp³-hybridized carbons (Fsp3) is 0.375. The van der Waals surface area contributed by atoms with Crippen molar-refractivity contribution in [2.24, 2.45) is 5.92 Å². The van der Waals surface area contributed by atoms with Gasteiger partial charge in [-0.25, -0.2) is 13.2 Å². The van der Waals surface area contributed by atoms with Crippen LogP contribution in [0.2, 0.25) is 0 Å². The second-order valence-electron chi connectivity index (χ2n) is 8.47. The van der Waals surface area contributed by atoms with Gasteiger partial charge in [-0.05, 0) is 86.6 Å². The number of thioether (sulfide) groups is 1. The summed E-state index contributed by atoms with van der Waals surface area (Å²) in [7, 11) is 0.205. The summed E-state index contributed by atoms with van der Waals surface area (Å²) < 4.78 is 27.4. The van der Waals surface area contributed by atoms with Gasteiger partial charge in [-0.15, -0.1) is 11.8 Å². The Morgan fingerprint density at radius 3 is 2.24 bits per heavy atom. The molecule has 2 aromatic carbocycles. The molecule has 7 nitrogen and oxygen atoms in total. The number of carbonyl (C=O) groups excluding carboxylic acids is 1. The van der Waals surface area contributed by atoms with Crippen LogP contribution in [0, 0.1) is 5.92 Å². The summed E-state index contributed by atoms with van der Waals surface area (Å²) in [6.45, 7) is 2.12. The highest BCUT2D eigenvalue weighted by Gasteiger charge is 2.36. The molecule has 1 saturated heterocycles. The molecule has 33 heavy (non-hydrogen) atoms. The molecule has 1 atom stereocenters. The lowest BCUT2D eigenvalue weighted by atomic mass is 9.96. The third-order valence-electron chi connectivity index (χ3n) is 6.13. The van der Waals surface area contributed by atoms with Gasteiger partial charge in [0.1, 0.15) is 4.58 Å². The number of hydrogen-bond acceptors (Lipinski definition) is 5. The van der Waals surface area contributed by atoms with Gasteiger partial charge in [0.15, 0.2) is 0 Å². The monoisotopic (exact) mass is 486 g/mol. The summed E-state index contributed by atoms with van der Waals surface area (Å²) in [5.41, 5.74) is 1.84. The van der Waals surface area contributed by atoms with Gasteiger partial charge < -0.3 is 15.5 Å². The van der Waals surface area contributed by atoms with Crippen molar-refractivity contribution >= 4 is 44.9 Å². The Morgan fingerprint density at radius 1 is 1.00 bits per heavy atom. The van der Waals surface area contributed by atoms with Crippen LogP contribution in [-0.2, 0) is 10.0 Å². The molecule has 0 spiro atoms. The number of nitrogens with zero attached hydrogens (tertiary/aromatic N) is 2. The molecule has 0 bridgehead atoms. The van der Waals surface area contributed by atoms with Crippen molar-refractivity contribution in [3.63, 3.8) is 0 Å². The van der Waals surface area contributed by atoms with Crippen LogP contribution < -0.4 is 14.9 Å². The Labute approximate surface area is 200 Å². The predicted octanol–water partition coefficient (Wildman–Crippen LogP) is 4.79. The van der Waals surface area contributed by atoms with Crippen molar-refractivity contribution in [2.75, 3.05) is 42.1 Å². The first-order valence-electron chi connectivity index (χ1n) is 11.1. The summed E-state index contributed by atoms with van der Waals surface area (Å²) in [6.07, 6.45) is 4.84. The predicted molar refractivity (Wildman–Crippen MR) is 137 cm³/mol. The lowest BCUT2D eigenvalue weighted by molar-refractivity contribution is 0.242. The number of nitrogens with one attached hydrogen (secondary N) is 2. The van der Waals surface area contributed by atoms with Crippen molar-refractivity contribution in [3.05, 3.63) is 65.6 Å². The van der Waals surface area contributed by atoms with Crippen molar-refractivity contribution in [1.29, 1.82) is 0 Å². The highest BCUT2D eigenvalue weighted by molar-refractivity contribution is 8.16. The third-order valence-corrected chi connectivity index (χ3v) is 10.2. The zero-order valence-corrected chi connectivity index (χ0v) is 20.5. The van der Waals surface area contributed by atoms with Crippen LogP contribution in [0.15, 0.2) is 65.6 Å². The summed E-state index contributed by atoms with van der Waals surface area (Å²) >= 11 is 1.51. The van der Waals surface area contributed by atoms with Crippen LogP contribution in [0.4, 0.5) is 21.9 Å². The van der Waals surface area contributed by atoms with E-state index in [1.807, 2.05) is 18.2 Å². The van der Waals surface area contributed by atoms with E-state index in [-0.39, 0.29) is 6.03 Å². The van der Waals surface area contributed by atoms with E-state index in [1.165, 1.54) is 21.0 Å². The zero-order chi connectivity index (χ0) is 23.4. The zero-order valence-electron chi connectivity index (χ0n) is 18.9. The molecule has 1 fully saturated rings. The standard InChI is InChI=1S/C24H30N4O3S2/c1-27-16-14-18(15-17-27)22-12-13-23(32-22)33(30,31)28(2)21-10-8-20(9-11-21)26-24(29)25-19-6-4-3-5-7-19/h3-12,18,23H,13-17H2,1-2H3,(H2,25,26,29). The van der Waals surface area contributed by atoms with Crippen LogP contribution >= 0.6 is 11.8 Å². The molecule has 4 rings (SSSR count). The Hall–Kier alpha value is -2.49. The lowest BCUT2D eigenvalue weighted by Gasteiger charge is -2.30. The van der Waals surface area contributed by atoms with Gasteiger partial charge in [0, 0.05) is 18.4 Å². The van der Waals surface area contributed by atoms with E-state index in [2.05, 4.69) is 28.7 Å². The number of sulfonamides is 1. The lowest BCUT2D eigenvalue weighted by Crippen LogP contribution is -2.34. The topological polar surface area (TPSA) is 81.8 Å². The van der Waals surface area contributed by atoms with Gasteiger partial charge in [0.05, 0.1) is 5.69 Å². The molecule has 2 aliphatic rings. The van der Waals surface area contributed by atoms with Gasteiger partial charge >= 0.3 is 6.03 Å². The largest absolute Gasteiger partial charge is 0.323 e. The Balaban J connectivity index is 1.34. The summed E-state index contributed by atoms with van der Waals surface area (Å²) in [5, 5.41) is 5.52. The van der Waals surface area contributed by atoms with Crippen molar-refractivity contribution < 1.29 is 13.2 Å². The fourth-order valence-electron chi connectivity index (χ4n) is 4.09. The molecule has 2 N–H and O–H groups in total. The number of piperidine rings is 1. The highest BCUT2D eigenvalue weighted by Crippen LogP contribution is 2.44. The fourth-order valence-corrected chi connectivity index (χ4v) is 7.52. The van der Waals surface area contributed by atoms with Gasteiger partial charge in [0.25, 0.3) is 0 Å².